The van der Waals surface area contributed by atoms with Gasteiger partial charge in [-0.1, -0.05) is 47.5 Å². The molecule has 0 aliphatic rings. The minimum Gasteiger partial charge on any atom is -0.306 e. The number of halogens is 3. The number of carbonyl (C=O) groups excluding carboxylic acids is 1. The first-order valence-electron chi connectivity index (χ1n) is 9.10. The monoisotopic (exact) mass is 439 g/mol. The Morgan fingerprint density at radius 2 is 1.87 bits per heavy atom. The maximum atomic E-state index is 13.0. The molecule has 0 aliphatic heterocycles. The van der Waals surface area contributed by atoms with Crippen molar-refractivity contribution in [1.29, 1.82) is 0 Å². The summed E-state index contributed by atoms with van der Waals surface area (Å²) in [6.45, 7) is 1.95. The van der Waals surface area contributed by atoms with Crippen molar-refractivity contribution in [3.63, 3.8) is 0 Å². The molecule has 0 radical (unpaired) electrons. The van der Waals surface area contributed by atoms with E-state index in [1.54, 1.807) is 36.4 Å². The van der Waals surface area contributed by atoms with E-state index in [-0.39, 0.29) is 11.7 Å². The van der Waals surface area contributed by atoms with E-state index >= 15 is 0 Å². The molecule has 0 bridgehead atoms. The van der Waals surface area contributed by atoms with Gasteiger partial charge < -0.3 is 5.32 Å². The molecule has 0 aliphatic carbocycles. The van der Waals surface area contributed by atoms with Crippen LogP contribution in [0.4, 0.5) is 10.2 Å². The van der Waals surface area contributed by atoms with Gasteiger partial charge in [-0.15, -0.1) is 0 Å². The highest BCUT2D eigenvalue weighted by atomic mass is 35.5. The Morgan fingerprint density at radius 3 is 2.60 bits per heavy atom. The molecule has 2 aromatic heterocycles. The fourth-order valence-electron chi connectivity index (χ4n) is 3.07. The second-order valence-electron chi connectivity index (χ2n) is 6.70. The van der Waals surface area contributed by atoms with E-state index in [4.69, 9.17) is 28.2 Å². The number of fused-ring (bicyclic) bond motifs is 1. The standard InChI is InChI=1S/C23H16Cl2FN3O/c1-14-3-2-12-29-22(14)28-21(16-7-10-18(24)19(25)13-16)23(29)27-20(30)11-6-15-4-8-17(26)9-5-15/h2-13H,1H3,(H,27,30)/b11-6+. The Bertz CT molecular complexity index is 1280. The van der Waals surface area contributed by atoms with Crippen LogP contribution in [0.3, 0.4) is 0 Å². The van der Waals surface area contributed by atoms with Crippen LogP contribution in [0.15, 0.2) is 66.9 Å². The summed E-state index contributed by atoms with van der Waals surface area (Å²) in [6.07, 6.45) is 4.83. The molecule has 1 amide bonds. The molecule has 7 heteroatoms. The summed E-state index contributed by atoms with van der Waals surface area (Å²) >= 11 is 12.2. The van der Waals surface area contributed by atoms with Crippen LogP contribution < -0.4 is 5.32 Å². The van der Waals surface area contributed by atoms with Gasteiger partial charge in [-0.05, 0) is 54.5 Å². The van der Waals surface area contributed by atoms with Gasteiger partial charge in [0.15, 0.2) is 0 Å². The van der Waals surface area contributed by atoms with Crippen LogP contribution in [0.25, 0.3) is 23.0 Å². The van der Waals surface area contributed by atoms with Gasteiger partial charge in [0.2, 0.25) is 5.91 Å². The molecule has 0 saturated heterocycles. The van der Waals surface area contributed by atoms with E-state index in [1.165, 1.54) is 18.2 Å². The Balaban J connectivity index is 1.73. The number of imidazole rings is 1. The predicted octanol–water partition coefficient (Wildman–Crippen LogP) is 6.41. The molecule has 0 saturated carbocycles. The van der Waals surface area contributed by atoms with E-state index < -0.39 is 0 Å². The highest BCUT2D eigenvalue weighted by molar-refractivity contribution is 6.42. The summed E-state index contributed by atoms with van der Waals surface area (Å²) < 4.78 is 14.9. The van der Waals surface area contributed by atoms with E-state index in [0.29, 0.717) is 27.1 Å². The summed E-state index contributed by atoms with van der Waals surface area (Å²) in [7, 11) is 0. The number of hydrogen-bond acceptors (Lipinski definition) is 2. The van der Waals surface area contributed by atoms with Crippen molar-refractivity contribution in [2.24, 2.45) is 0 Å². The van der Waals surface area contributed by atoms with Gasteiger partial charge in [-0.3, -0.25) is 9.20 Å². The van der Waals surface area contributed by atoms with Gasteiger partial charge in [-0.25, -0.2) is 9.37 Å². The van der Waals surface area contributed by atoms with Gasteiger partial charge >= 0.3 is 0 Å². The van der Waals surface area contributed by atoms with Crippen LogP contribution >= 0.6 is 23.2 Å². The maximum Gasteiger partial charge on any atom is 0.249 e. The molecule has 30 heavy (non-hydrogen) atoms. The van der Waals surface area contributed by atoms with E-state index in [1.807, 2.05) is 29.7 Å². The molecule has 0 fully saturated rings. The summed E-state index contributed by atoms with van der Waals surface area (Å²) in [5.41, 5.74) is 3.69. The topological polar surface area (TPSA) is 46.4 Å². The zero-order valence-electron chi connectivity index (χ0n) is 15.9. The number of amides is 1. The van der Waals surface area contributed by atoms with Crippen molar-refractivity contribution in [3.8, 4) is 11.3 Å². The third kappa shape index (κ3) is 4.08. The molecule has 0 spiro atoms. The molecule has 2 aromatic carbocycles. The lowest BCUT2D eigenvalue weighted by molar-refractivity contribution is -0.111. The molecular weight excluding hydrogens is 424 g/mol. The fourth-order valence-corrected chi connectivity index (χ4v) is 3.37. The zero-order valence-corrected chi connectivity index (χ0v) is 17.4. The number of carbonyl (C=O) groups is 1. The molecular formula is C23H16Cl2FN3O. The number of hydrogen-bond donors (Lipinski definition) is 1. The lowest BCUT2D eigenvalue weighted by Gasteiger charge is -2.07. The van der Waals surface area contributed by atoms with Crippen LogP contribution in [0, 0.1) is 12.7 Å². The van der Waals surface area contributed by atoms with Gasteiger partial charge in [0.05, 0.1) is 10.0 Å². The first-order valence-corrected chi connectivity index (χ1v) is 9.86. The summed E-state index contributed by atoms with van der Waals surface area (Å²) in [4.78, 5) is 17.3. The first kappa shape index (κ1) is 20.1. The SMILES string of the molecule is Cc1cccn2c(NC(=O)/C=C/c3ccc(F)cc3)c(-c3ccc(Cl)c(Cl)c3)nc12. The van der Waals surface area contributed by atoms with Crippen molar-refractivity contribution < 1.29 is 9.18 Å². The van der Waals surface area contributed by atoms with Crippen LogP contribution in [0.2, 0.25) is 10.0 Å². The molecule has 2 heterocycles. The minimum absolute atomic E-state index is 0.330. The lowest BCUT2D eigenvalue weighted by atomic mass is 10.1. The Labute approximate surface area is 182 Å². The van der Waals surface area contributed by atoms with Crippen LogP contribution in [0.5, 0.6) is 0 Å². The molecule has 4 nitrogen and oxygen atoms in total. The zero-order chi connectivity index (χ0) is 21.3. The molecule has 150 valence electrons. The Kier molecular flexibility index (Phi) is 5.57. The number of benzene rings is 2. The molecule has 4 aromatic rings. The number of aromatic nitrogens is 2. The second kappa shape index (κ2) is 8.30. The third-order valence-electron chi connectivity index (χ3n) is 4.58. The Morgan fingerprint density at radius 1 is 1.10 bits per heavy atom. The first-order chi connectivity index (χ1) is 14.4. The van der Waals surface area contributed by atoms with E-state index in [9.17, 15) is 9.18 Å². The highest BCUT2D eigenvalue weighted by Gasteiger charge is 2.17. The van der Waals surface area contributed by atoms with Crippen molar-refractivity contribution in [2.45, 2.75) is 6.92 Å². The highest BCUT2D eigenvalue weighted by Crippen LogP contribution is 2.33. The average molecular weight is 440 g/mol. The van der Waals surface area contributed by atoms with Gasteiger partial charge in [0.25, 0.3) is 0 Å². The number of nitrogens with one attached hydrogen (secondary N) is 1. The summed E-state index contributed by atoms with van der Waals surface area (Å²) in [5, 5.41) is 3.74. The van der Waals surface area contributed by atoms with E-state index in [0.717, 1.165) is 16.8 Å². The molecule has 0 unspecified atom stereocenters. The predicted molar refractivity (Wildman–Crippen MR) is 119 cm³/mol. The van der Waals surface area contributed by atoms with Crippen molar-refractivity contribution in [2.75, 3.05) is 5.32 Å². The lowest BCUT2D eigenvalue weighted by Crippen LogP contribution is -2.10. The number of rotatable bonds is 4. The van der Waals surface area contributed by atoms with Crippen LogP contribution in [-0.4, -0.2) is 15.3 Å². The van der Waals surface area contributed by atoms with E-state index in [2.05, 4.69) is 5.32 Å². The van der Waals surface area contributed by atoms with Crippen molar-refractivity contribution >= 4 is 46.7 Å². The number of aryl methyl sites for hydroxylation is 1. The quantitative estimate of drug-likeness (QED) is 0.373. The number of anilines is 1. The van der Waals surface area contributed by atoms with Gasteiger partial charge in [0, 0.05) is 17.8 Å². The van der Waals surface area contributed by atoms with Crippen LogP contribution in [-0.2, 0) is 4.79 Å². The normalized spacial score (nSPS) is 11.3. The largest absolute Gasteiger partial charge is 0.306 e. The van der Waals surface area contributed by atoms with Gasteiger partial charge in [-0.2, -0.15) is 0 Å². The van der Waals surface area contributed by atoms with Crippen molar-refractivity contribution in [3.05, 3.63) is 93.9 Å². The molecule has 1 N–H and O–H groups in total. The smallest absolute Gasteiger partial charge is 0.249 e. The number of nitrogens with zero attached hydrogens (tertiary/aromatic N) is 2. The second-order valence-corrected chi connectivity index (χ2v) is 7.51. The third-order valence-corrected chi connectivity index (χ3v) is 5.32. The fraction of sp³-hybridized carbons (Fsp3) is 0.0435. The van der Waals surface area contributed by atoms with Crippen LogP contribution in [0.1, 0.15) is 11.1 Å². The summed E-state index contributed by atoms with van der Waals surface area (Å²) in [6, 6.07) is 14.9. The maximum absolute atomic E-state index is 13.0. The Hall–Kier alpha value is -3.15. The minimum atomic E-state index is -0.344. The molecule has 4 rings (SSSR count). The average Bonchev–Trinajstić information content (AvgIpc) is 3.09. The molecule has 0 atom stereocenters. The summed E-state index contributed by atoms with van der Waals surface area (Å²) in [5.74, 6) is -0.159. The van der Waals surface area contributed by atoms with Gasteiger partial charge in [0.1, 0.15) is 23.0 Å². The number of pyridine rings is 1. The van der Waals surface area contributed by atoms with Crippen molar-refractivity contribution in [1.82, 2.24) is 9.38 Å².